The van der Waals surface area contributed by atoms with E-state index in [4.69, 9.17) is 9.15 Å². The van der Waals surface area contributed by atoms with Crippen molar-refractivity contribution in [3.63, 3.8) is 0 Å². The summed E-state index contributed by atoms with van der Waals surface area (Å²) < 4.78 is 47.5. The molecular formula is C12H11F3O4. The smallest absolute Gasteiger partial charge is 0.392 e. The van der Waals surface area contributed by atoms with Crippen LogP contribution in [0.3, 0.4) is 0 Å². The normalized spacial score (nSPS) is 19.2. The highest BCUT2D eigenvalue weighted by molar-refractivity contribution is 6.07. The van der Waals surface area contributed by atoms with E-state index in [9.17, 15) is 22.8 Å². The lowest BCUT2D eigenvalue weighted by atomic mass is 9.85. The van der Waals surface area contributed by atoms with Gasteiger partial charge in [-0.05, 0) is 6.92 Å². The predicted octanol–water partition coefficient (Wildman–Crippen LogP) is 2.76. The van der Waals surface area contributed by atoms with Gasteiger partial charge in [0.05, 0.1) is 18.1 Å². The minimum atomic E-state index is -4.45. The van der Waals surface area contributed by atoms with E-state index in [2.05, 4.69) is 0 Å². The number of hydrogen-bond acceptors (Lipinski definition) is 4. The van der Waals surface area contributed by atoms with Crippen molar-refractivity contribution in [3.8, 4) is 0 Å². The number of halogens is 3. The highest BCUT2D eigenvalue weighted by Crippen LogP contribution is 2.38. The molecule has 0 amide bonds. The number of furan rings is 1. The van der Waals surface area contributed by atoms with Crippen LogP contribution in [-0.4, -0.2) is 24.5 Å². The van der Waals surface area contributed by atoms with Crippen LogP contribution in [0.5, 0.6) is 0 Å². The Hall–Kier alpha value is -1.79. The number of carbonyl (C=O) groups is 2. The van der Waals surface area contributed by atoms with Gasteiger partial charge in [0.2, 0.25) is 0 Å². The van der Waals surface area contributed by atoms with E-state index in [1.165, 1.54) is 0 Å². The minimum absolute atomic E-state index is 0.0704. The molecule has 0 aliphatic heterocycles. The van der Waals surface area contributed by atoms with Crippen molar-refractivity contribution < 1.29 is 31.9 Å². The molecule has 1 aliphatic carbocycles. The van der Waals surface area contributed by atoms with E-state index in [1.807, 2.05) is 0 Å². The first kappa shape index (κ1) is 13.6. The van der Waals surface area contributed by atoms with Crippen LogP contribution in [0.2, 0.25) is 0 Å². The van der Waals surface area contributed by atoms with Crippen molar-refractivity contribution in [3.05, 3.63) is 23.2 Å². The molecular weight excluding hydrogens is 265 g/mol. The number of Topliss-reactive ketones (excluding diaryl/α,β-unsaturated/α-hetero) is 1. The highest BCUT2D eigenvalue weighted by atomic mass is 19.4. The largest absolute Gasteiger partial charge is 0.468 e. The maximum atomic E-state index is 12.6. The lowest BCUT2D eigenvalue weighted by Gasteiger charge is -2.22. The fourth-order valence-electron chi connectivity index (χ4n) is 2.07. The second kappa shape index (κ2) is 4.71. The summed E-state index contributed by atoms with van der Waals surface area (Å²) in [6.45, 7) is 1.70. The first-order valence-corrected chi connectivity index (χ1v) is 5.72. The van der Waals surface area contributed by atoms with E-state index < -0.39 is 36.7 Å². The number of rotatable bonds is 2. The van der Waals surface area contributed by atoms with Gasteiger partial charge in [-0.15, -0.1) is 0 Å². The summed E-state index contributed by atoms with van der Waals surface area (Å²) in [7, 11) is 0. The summed E-state index contributed by atoms with van der Waals surface area (Å²) in [4.78, 5) is 23.3. The molecule has 1 aliphatic rings. The van der Waals surface area contributed by atoms with E-state index >= 15 is 0 Å². The van der Waals surface area contributed by atoms with Crippen LogP contribution in [0.15, 0.2) is 10.7 Å². The molecule has 0 fully saturated rings. The number of fused-ring (bicyclic) bond motifs is 1. The van der Waals surface area contributed by atoms with Gasteiger partial charge in [0.15, 0.2) is 5.78 Å². The molecule has 0 unspecified atom stereocenters. The average Bonchev–Trinajstić information content (AvgIpc) is 2.72. The topological polar surface area (TPSA) is 56.5 Å². The Labute approximate surface area is 106 Å². The van der Waals surface area contributed by atoms with Crippen LogP contribution in [0.4, 0.5) is 13.2 Å². The summed E-state index contributed by atoms with van der Waals surface area (Å²) in [6.07, 6.45) is -4.56. The van der Waals surface area contributed by atoms with E-state index in [1.54, 1.807) is 6.92 Å². The monoisotopic (exact) mass is 276 g/mol. The van der Waals surface area contributed by atoms with Crippen LogP contribution in [0.1, 0.15) is 39.8 Å². The van der Waals surface area contributed by atoms with Gasteiger partial charge in [-0.25, -0.2) is 4.79 Å². The fourth-order valence-corrected chi connectivity index (χ4v) is 2.07. The second-order valence-corrected chi connectivity index (χ2v) is 4.24. The van der Waals surface area contributed by atoms with Gasteiger partial charge in [-0.2, -0.15) is 13.2 Å². The van der Waals surface area contributed by atoms with Gasteiger partial charge in [0, 0.05) is 12.8 Å². The molecule has 7 heteroatoms. The van der Waals surface area contributed by atoms with E-state index in [0.717, 1.165) is 6.26 Å². The predicted molar refractivity (Wildman–Crippen MR) is 56.9 cm³/mol. The number of hydrogen-bond donors (Lipinski definition) is 0. The van der Waals surface area contributed by atoms with Gasteiger partial charge in [-0.3, -0.25) is 4.79 Å². The van der Waals surface area contributed by atoms with Crippen LogP contribution in [-0.2, 0) is 11.2 Å². The lowest BCUT2D eigenvalue weighted by molar-refractivity contribution is -0.174. The molecule has 0 N–H and O–H groups in total. The molecule has 2 rings (SSSR count). The number of carbonyl (C=O) groups excluding carboxylic acids is 2. The van der Waals surface area contributed by atoms with Crippen molar-refractivity contribution in [2.45, 2.75) is 25.9 Å². The van der Waals surface area contributed by atoms with Crippen LogP contribution in [0.25, 0.3) is 0 Å². The zero-order chi connectivity index (χ0) is 14.2. The number of esters is 1. The quantitative estimate of drug-likeness (QED) is 0.779. The summed E-state index contributed by atoms with van der Waals surface area (Å²) in [5, 5.41) is 0. The Morgan fingerprint density at radius 3 is 2.74 bits per heavy atom. The molecule has 0 aromatic carbocycles. The third-order valence-electron chi connectivity index (χ3n) is 2.97. The van der Waals surface area contributed by atoms with E-state index in [-0.39, 0.29) is 23.5 Å². The van der Waals surface area contributed by atoms with Gasteiger partial charge in [-0.1, -0.05) is 0 Å². The molecule has 1 aromatic rings. The first-order chi connectivity index (χ1) is 8.84. The van der Waals surface area contributed by atoms with Crippen LogP contribution >= 0.6 is 0 Å². The third kappa shape index (κ3) is 2.50. The third-order valence-corrected chi connectivity index (χ3v) is 2.97. The standard InChI is InChI=1S/C12H11F3O4/c1-2-18-11(17)7-5-19-9-4-6(12(13,14)15)3-8(16)10(7)9/h5-6H,2-4H2,1H3/t6-/m0/s1. The second-order valence-electron chi connectivity index (χ2n) is 4.24. The van der Waals surface area contributed by atoms with Crippen molar-refractivity contribution >= 4 is 11.8 Å². The summed E-state index contributed by atoms with van der Waals surface area (Å²) in [5.41, 5.74) is -0.165. The Kier molecular flexibility index (Phi) is 3.38. The maximum absolute atomic E-state index is 12.6. The Balaban J connectivity index is 2.33. The van der Waals surface area contributed by atoms with Crippen molar-refractivity contribution in [2.24, 2.45) is 5.92 Å². The molecule has 0 bridgehead atoms. The molecule has 1 heterocycles. The van der Waals surface area contributed by atoms with Gasteiger partial charge in [0.25, 0.3) is 0 Å². The molecule has 0 saturated heterocycles. The van der Waals surface area contributed by atoms with Crippen LogP contribution < -0.4 is 0 Å². The van der Waals surface area contributed by atoms with Crippen molar-refractivity contribution in [2.75, 3.05) is 6.61 Å². The summed E-state index contributed by atoms with van der Waals surface area (Å²) >= 11 is 0. The van der Waals surface area contributed by atoms with Crippen LogP contribution in [0, 0.1) is 5.92 Å². The molecule has 0 saturated carbocycles. The average molecular weight is 276 g/mol. The molecule has 19 heavy (non-hydrogen) atoms. The van der Waals surface area contributed by atoms with Crippen molar-refractivity contribution in [1.82, 2.24) is 0 Å². The first-order valence-electron chi connectivity index (χ1n) is 5.72. The molecule has 0 spiro atoms. The summed E-state index contributed by atoms with van der Waals surface area (Å²) in [6, 6.07) is 0. The zero-order valence-electron chi connectivity index (χ0n) is 10.0. The Bertz CT molecular complexity index is 516. The SMILES string of the molecule is CCOC(=O)c1coc2c1C(=O)C[C@H](C(F)(F)F)C2. The zero-order valence-corrected chi connectivity index (χ0v) is 10.0. The molecule has 1 atom stereocenters. The minimum Gasteiger partial charge on any atom is -0.468 e. The highest BCUT2D eigenvalue weighted by Gasteiger charge is 2.46. The summed E-state index contributed by atoms with van der Waals surface area (Å²) in [5.74, 6) is -3.35. The Morgan fingerprint density at radius 2 is 2.16 bits per heavy atom. The van der Waals surface area contributed by atoms with Gasteiger partial charge in [0.1, 0.15) is 17.6 Å². The fraction of sp³-hybridized carbons (Fsp3) is 0.500. The van der Waals surface area contributed by atoms with Gasteiger partial charge >= 0.3 is 12.1 Å². The van der Waals surface area contributed by atoms with Gasteiger partial charge < -0.3 is 9.15 Å². The van der Waals surface area contributed by atoms with Crippen molar-refractivity contribution in [1.29, 1.82) is 0 Å². The van der Waals surface area contributed by atoms with E-state index in [0.29, 0.717) is 0 Å². The number of ether oxygens (including phenoxy) is 1. The number of alkyl halides is 3. The Morgan fingerprint density at radius 1 is 1.47 bits per heavy atom. The molecule has 0 radical (unpaired) electrons. The molecule has 104 valence electrons. The lowest BCUT2D eigenvalue weighted by Crippen LogP contribution is -2.31. The molecule has 1 aromatic heterocycles. The number of ketones is 1. The maximum Gasteiger partial charge on any atom is 0.392 e. The molecule has 4 nitrogen and oxygen atoms in total.